The van der Waals surface area contributed by atoms with Gasteiger partial charge < -0.3 is 0 Å². The number of hydrogen-bond acceptors (Lipinski definition) is 1. The van der Waals surface area contributed by atoms with E-state index in [-0.39, 0.29) is 0 Å². The minimum atomic E-state index is -0.903. The zero-order valence-corrected chi connectivity index (χ0v) is 6.92. The van der Waals surface area contributed by atoms with Crippen LogP contribution >= 0.6 is 0 Å². The summed E-state index contributed by atoms with van der Waals surface area (Å²) in [6.45, 7) is 7.47. The molecule has 0 bridgehead atoms. The van der Waals surface area contributed by atoms with Crippen molar-refractivity contribution < 1.29 is 4.21 Å². The van der Waals surface area contributed by atoms with Gasteiger partial charge in [-0.25, -0.2) is 0 Å². The standard InChI is InChI=1S/C7H12OS/c1-5-6(2)7(3)9(4)8/h5H,3H2,1-2,4H3. The Hall–Kier alpha value is -0.370. The smallest absolute Gasteiger partial charge is 0.0494 e. The van der Waals surface area contributed by atoms with Gasteiger partial charge in [-0.15, -0.1) is 0 Å². The van der Waals surface area contributed by atoms with Gasteiger partial charge in [0.25, 0.3) is 0 Å². The molecule has 52 valence electrons. The second-order valence-corrected chi connectivity index (χ2v) is 3.25. The van der Waals surface area contributed by atoms with E-state index in [0.29, 0.717) is 0 Å². The Bertz CT molecular complexity index is 168. The molecule has 0 aliphatic heterocycles. The lowest BCUT2D eigenvalue weighted by molar-refractivity contribution is 0.690. The van der Waals surface area contributed by atoms with Crippen LogP contribution in [0.2, 0.25) is 0 Å². The molecule has 0 rings (SSSR count). The first-order valence-electron chi connectivity index (χ1n) is 2.75. The zero-order chi connectivity index (χ0) is 7.44. The molecule has 0 aliphatic rings. The number of allylic oxidation sites excluding steroid dienone is 2. The molecule has 0 spiro atoms. The summed E-state index contributed by atoms with van der Waals surface area (Å²) in [7, 11) is -0.903. The van der Waals surface area contributed by atoms with Crippen LogP contribution in [-0.4, -0.2) is 10.5 Å². The molecule has 0 aromatic carbocycles. The summed E-state index contributed by atoms with van der Waals surface area (Å²) in [5.74, 6) is 0. The minimum absolute atomic E-state index is 0.720. The van der Waals surface area contributed by atoms with Crippen molar-refractivity contribution in [3.8, 4) is 0 Å². The van der Waals surface area contributed by atoms with Gasteiger partial charge in [0.1, 0.15) is 0 Å². The van der Waals surface area contributed by atoms with Gasteiger partial charge in [-0.05, 0) is 19.4 Å². The molecule has 1 nitrogen and oxygen atoms in total. The van der Waals surface area contributed by atoms with Crippen LogP contribution in [0.4, 0.5) is 0 Å². The third kappa shape index (κ3) is 2.61. The largest absolute Gasteiger partial charge is 0.255 e. The molecule has 9 heavy (non-hydrogen) atoms. The monoisotopic (exact) mass is 144 g/mol. The Morgan fingerprint density at radius 3 is 2.22 bits per heavy atom. The zero-order valence-electron chi connectivity index (χ0n) is 6.10. The van der Waals surface area contributed by atoms with Crippen LogP contribution < -0.4 is 0 Å². The second kappa shape index (κ2) is 3.62. The summed E-state index contributed by atoms with van der Waals surface area (Å²) >= 11 is 0. The van der Waals surface area contributed by atoms with E-state index >= 15 is 0 Å². The molecule has 0 aliphatic carbocycles. The highest BCUT2D eigenvalue weighted by Crippen LogP contribution is 2.08. The van der Waals surface area contributed by atoms with Gasteiger partial charge in [0, 0.05) is 22.0 Å². The van der Waals surface area contributed by atoms with E-state index < -0.39 is 10.8 Å². The van der Waals surface area contributed by atoms with E-state index in [1.165, 1.54) is 0 Å². The Labute approximate surface area is 58.9 Å². The fourth-order valence-corrected chi connectivity index (χ4v) is 0.959. The van der Waals surface area contributed by atoms with Crippen molar-refractivity contribution in [2.45, 2.75) is 13.8 Å². The highest BCUT2D eigenvalue weighted by atomic mass is 32.2. The summed E-state index contributed by atoms with van der Waals surface area (Å²) < 4.78 is 10.7. The minimum Gasteiger partial charge on any atom is -0.255 e. The van der Waals surface area contributed by atoms with Gasteiger partial charge in [0.2, 0.25) is 0 Å². The average molecular weight is 144 g/mol. The van der Waals surface area contributed by atoms with E-state index in [1.807, 2.05) is 19.9 Å². The van der Waals surface area contributed by atoms with Crippen LogP contribution in [0.15, 0.2) is 23.1 Å². The normalized spacial score (nSPS) is 15.2. The molecule has 0 fully saturated rings. The van der Waals surface area contributed by atoms with Gasteiger partial charge >= 0.3 is 0 Å². The Morgan fingerprint density at radius 2 is 2.11 bits per heavy atom. The third-order valence-electron chi connectivity index (χ3n) is 1.22. The van der Waals surface area contributed by atoms with E-state index in [0.717, 1.165) is 10.5 Å². The van der Waals surface area contributed by atoms with Crippen molar-refractivity contribution in [3.63, 3.8) is 0 Å². The lowest BCUT2D eigenvalue weighted by Gasteiger charge is -1.98. The molecular formula is C7H12OS. The van der Waals surface area contributed by atoms with E-state index in [9.17, 15) is 4.21 Å². The maximum absolute atomic E-state index is 10.7. The van der Waals surface area contributed by atoms with Crippen LogP contribution in [0.1, 0.15) is 13.8 Å². The molecule has 0 aromatic heterocycles. The molecule has 0 aromatic rings. The highest BCUT2D eigenvalue weighted by Gasteiger charge is 1.97. The summed E-state index contributed by atoms with van der Waals surface area (Å²) in [6.07, 6.45) is 3.54. The number of rotatable bonds is 2. The third-order valence-corrected chi connectivity index (χ3v) is 2.24. The van der Waals surface area contributed by atoms with Gasteiger partial charge in [-0.2, -0.15) is 0 Å². The van der Waals surface area contributed by atoms with Gasteiger partial charge in [0.05, 0.1) is 0 Å². The molecule has 0 saturated heterocycles. The van der Waals surface area contributed by atoms with Crippen LogP contribution in [0.25, 0.3) is 0 Å². The van der Waals surface area contributed by atoms with E-state index in [4.69, 9.17) is 0 Å². The molecule has 0 saturated carbocycles. The van der Waals surface area contributed by atoms with Gasteiger partial charge in [0.15, 0.2) is 0 Å². The highest BCUT2D eigenvalue weighted by molar-refractivity contribution is 7.88. The van der Waals surface area contributed by atoms with Gasteiger partial charge in [-0.1, -0.05) is 12.7 Å². The topological polar surface area (TPSA) is 17.1 Å². The predicted octanol–water partition coefficient (Wildman–Crippen LogP) is 1.84. The summed E-state index contributed by atoms with van der Waals surface area (Å²) in [4.78, 5) is 0.720. The first-order valence-corrected chi connectivity index (χ1v) is 4.31. The first kappa shape index (κ1) is 8.63. The van der Waals surface area contributed by atoms with Crippen LogP contribution in [-0.2, 0) is 10.8 Å². The lowest BCUT2D eigenvalue weighted by atomic mass is 10.3. The Balaban J connectivity index is 4.23. The van der Waals surface area contributed by atoms with E-state index in [2.05, 4.69) is 6.58 Å². The first-order chi connectivity index (χ1) is 4.09. The molecule has 0 N–H and O–H groups in total. The summed E-state index contributed by atoms with van der Waals surface area (Å²) in [5.41, 5.74) is 1.01. The molecular weight excluding hydrogens is 132 g/mol. The second-order valence-electron chi connectivity index (χ2n) is 1.85. The van der Waals surface area contributed by atoms with Crippen molar-refractivity contribution in [3.05, 3.63) is 23.1 Å². The molecule has 2 heteroatoms. The Morgan fingerprint density at radius 1 is 1.67 bits per heavy atom. The number of hydrogen-bond donors (Lipinski definition) is 0. The van der Waals surface area contributed by atoms with E-state index in [1.54, 1.807) is 6.26 Å². The lowest BCUT2D eigenvalue weighted by Crippen LogP contribution is -1.90. The summed E-state index contributed by atoms with van der Waals surface area (Å²) in [5, 5.41) is 0. The van der Waals surface area contributed by atoms with Crippen molar-refractivity contribution in [1.29, 1.82) is 0 Å². The molecule has 0 amide bonds. The van der Waals surface area contributed by atoms with Crippen molar-refractivity contribution >= 4 is 10.8 Å². The maximum Gasteiger partial charge on any atom is 0.0494 e. The molecule has 1 atom stereocenters. The molecule has 0 heterocycles. The van der Waals surface area contributed by atoms with Crippen molar-refractivity contribution in [2.75, 3.05) is 6.26 Å². The SMILES string of the molecule is C=C(C(C)=CC)S(C)=O. The van der Waals surface area contributed by atoms with Crippen LogP contribution in [0, 0.1) is 0 Å². The van der Waals surface area contributed by atoms with Crippen molar-refractivity contribution in [1.82, 2.24) is 0 Å². The Kier molecular flexibility index (Phi) is 3.47. The maximum atomic E-state index is 10.7. The summed E-state index contributed by atoms with van der Waals surface area (Å²) in [6, 6.07) is 0. The van der Waals surface area contributed by atoms with Crippen molar-refractivity contribution in [2.24, 2.45) is 0 Å². The van der Waals surface area contributed by atoms with Crippen LogP contribution in [0.3, 0.4) is 0 Å². The fourth-order valence-electron chi connectivity index (χ4n) is 0.388. The van der Waals surface area contributed by atoms with Gasteiger partial charge in [-0.3, -0.25) is 4.21 Å². The van der Waals surface area contributed by atoms with Crippen LogP contribution in [0.5, 0.6) is 0 Å². The fraction of sp³-hybridized carbons (Fsp3) is 0.429. The average Bonchev–Trinajstić information content (AvgIpc) is 1.84. The molecule has 1 unspecified atom stereocenters. The molecule has 0 radical (unpaired) electrons. The predicted molar refractivity (Wildman–Crippen MR) is 42.6 cm³/mol. The quantitative estimate of drug-likeness (QED) is 0.540.